The molecular weight excluding hydrogens is 305 g/mol. The Bertz CT molecular complexity index is 753. The monoisotopic (exact) mass is 320 g/mol. The highest BCUT2D eigenvalue weighted by molar-refractivity contribution is 5.62. The van der Waals surface area contributed by atoms with Crippen molar-refractivity contribution in [2.24, 2.45) is 4.99 Å². The van der Waals surface area contributed by atoms with Gasteiger partial charge in [-0.05, 0) is 36.8 Å². The van der Waals surface area contributed by atoms with Crippen LogP contribution in [0, 0.1) is 5.82 Å². The van der Waals surface area contributed by atoms with E-state index in [0.717, 1.165) is 11.8 Å². The van der Waals surface area contributed by atoms with E-state index in [1.807, 2.05) is 18.3 Å². The van der Waals surface area contributed by atoms with Crippen LogP contribution in [-0.4, -0.2) is 16.1 Å². The minimum atomic E-state index is -2.86. The third kappa shape index (κ3) is 3.13. The second-order valence-electron chi connectivity index (χ2n) is 5.46. The molecule has 0 spiro atoms. The third-order valence-electron chi connectivity index (χ3n) is 3.75. The van der Waals surface area contributed by atoms with Crippen molar-refractivity contribution in [2.45, 2.75) is 25.4 Å². The highest BCUT2D eigenvalue weighted by Gasteiger charge is 2.28. The molecule has 1 atom stereocenters. The zero-order valence-corrected chi connectivity index (χ0v) is 12.4. The predicted octanol–water partition coefficient (Wildman–Crippen LogP) is 3.39. The van der Waals surface area contributed by atoms with Crippen molar-refractivity contribution in [1.29, 1.82) is 0 Å². The number of aliphatic imine (C=N–C) groups is 1. The number of rotatable bonds is 4. The molecule has 4 nitrogen and oxygen atoms in total. The molecule has 3 rings (SSSR count). The number of allylic oxidation sites excluding steroid dienone is 1. The van der Waals surface area contributed by atoms with E-state index in [1.165, 1.54) is 18.5 Å². The Hall–Kier alpha value is -2.57. The summed E-state index contributed by atoms with van der Waals surface area (Å²) in [5.41, 5.74) is -0.121. The molecule has 0 amide bonds. The van der Waals surface area contributed by atoms with Gasteiger partial charge in [0.05, 0.1) is 18.4 Å². The molecule has 1 N–H and O–H groups in total. The summed E-state index contributed by atoms with van der Waals surface area (Å²) in [4.78, 5) is 4.33. The Balaban J connectivity index is 1.93. The molecule has 7 heteroatoms. The van der Waals surface area contributed by atoms with E-state index < -0.39 is 23.3 Å². The zero-order chi connectivity index (χ0) is 16.4. The van der Waals surface area contributed by atoms with Crippen LogP contribution in [0.2, 0.25) is 0 Å². The number of nitrogens with one attached hydrogen (secondary N) is 1. The summed E-state index contributed by atoms with van der Waals surface area (Å²) in [6, 6.07) is 5.52. The Morgan fingerprint density at radius 2 is 2.17 bits per heavy atom. The molecule has 0 saturated heterocycles. The van der Waals surface area contributed by atoms with Crippen LogP contribution in [0.1, 0.15) is 24.5 Å². The second kappa shape index (κ2) is 5.91. The van der Waals surface area contributed by atoms with E-state index in [9.17, 15) is 13.2 Å². The molecule has 1 aromatic heterocycles. The minimum absolute atomic E-state index is 0.498. The van der Waals surface area contributed by atoms with Gasteiger partial charge in [0.15, 0.2) is 0 Å². The van der Waals surface area contributed by atoms with Gasteiger partial charge < -0.3 is 5.32 Å². The summed E-state index contributed by atoms with van der Waals surface area (Å²) < 4.78 is 41.0. The van der Waals surface area contributed by atoms with Crippen LogP contribution in [-0.2, 0) is 12.1 Å². The molecule has 2 aromatic rings. The molecule has 0 saturated carbocycles. The normalized spacial score (nSPS) is 20.5. The van der Waals surface area contributed by atoms with Gasteiger partial charge in [-0.3, -0.25) is 9.67 Å². The van der Waals surface area contributed by atoms with Crippen molar-refractivity contribution < 1.29 is 13.2 Å². The maximum Gasteiger partial charge on any atom is 0.266 e. The fourth-order valence-electron chi connectivity index (χ4n) is 2.51. The van der Waals surface area contributed by atoms with Crippen LogP contribution in [0.3, 0.4) is 0 Å². The first-order valence-electron chi connectivity index (χ1n) is 7.05. The lowest BCUT2D eigenvalue weighted by Crippen LogP contribution is -2.29. The number of halogens is 3. The average molecular weight is 320 g/mol. The SMILES string of the molecule is CC1(c2ccc(F)c(C(F)F)c2)C=C(Cn2cccn2)NC=N1. The van der Waals surface area contributed by atoms with Crippen LogP contribution in [0.4, 0.5) is 13.2 Å². The first-order chi connectivity index (χ1) is 11.0. The highest BCUT2D eigenvalue weighted by atomic mass is 19.3. The molecule has 1 unspecified atom stereocenters. The van der Waals surface area contributed by atoms with Gasteiger partial charge in [-0.2, -0.15) is 5.10 Å². The number of nitrogens with zero attached hydrogens (tertiary/aromatic N) is 3. The summed E-state index contributed by atoms with van der Waals surface area (Å²) in [7, 11) is 0. The fraction of sp³-hybridized carbons (Fsp3) is 0.250. The van der Waals surface area contributed by atoms with Crippen LogP contribution < -0.4 is 5.32 Å². The minimum Gasteiger partial charge on any atom is -0.349 e. The molecule has 1 aromatic carbocycles. The van der Waals surface area contributed by atoms with Crippen molar-refractivity contribution in [3.05, 3.63) is 65.4 Å². The molecule has 0 bridgehead atoms. The molecule has 0 radical (unpaired) electrons. The lowest BCUT2D eigenvalue weighted by Gasteiger charge is -2.27. The number of aromatic nitrogens is 2. The fourth-order valence-corrected chi connectivity index (χ4v) is 2.51. The van der Waals surface area contributed by atoms with Crippen molar-refractivity contribution in [3.8, 4) is 0 Å². The third-order valence-corrected chi connectivity index (χ3v) is 3.75. The zero-order valence-electron chi connectivity index (χ0n) is 12.4. The number of alkyl halides is 2. The number of hydrogen-bond acceptors (Lipinski definition) is 3. The van der Waals surface area contributed by atoms with Crippen molar-refractivity contribution in [3.63, 3.8) is 0 Å². The lowest BCUT2D eigenvalue weighted by atomic mass is 9.89. The number of benzene rings is 1. The standard InChI is InChI=1S/C16H15F3N4/c1-16(11-3-4-14(17)13(7-11)15(18)19)8-12(20-10-21-16)9-23-6-2-5-22-23/h2-8,10,15H,9H2,1H3,(H,20,21). The van der Waals surface area contributed by atoms with Crippen molar-refractivity contribution in [2.75, 3.05) is 0 Å². The molecule has 120 valence electrons. The predicted molar refractivity (Wildman–Crippen MR) is 80.6 cm³/mol. The Morgan fingerprint density at radius 1 is 1.35 bits per heavy atom. The summed E-state index contributed by atoms with van der Waals surface area (Å²) >= 11 is 0. The Labute approximate surface area is 131 Å². The summed E-state index contributed by atoms with van der Waals surface area (Å²) in [5.74, 6) is -0.911. The Morgan fingerprint density at radius 3 is 2.87 bits per heavy atom. The molecule has 1 aliphatic heterocycles. The average Bonchev–Trinajstić information content (AvgIpc) is 3.00. The summed E-state index contributed by atoms with van der Waals surface area (Å²) in [6.07, 6.45) is 3.97. The van der Waals surface area contributed by atoms with E-state index >= 15 is 0 Å². The second-order valence-corrected chi connectivity index (χ2v) is 5.46. The van der Waals surface area contributed by atoms with E-state index in [2.05, 4.69) is 15.4 Å². The maximum atomic E-state index is 13.5. The topological polar surface area (TPSA) is 42.2 Å². The lowest BCUT2D eigenvalue weighted by molar-refractivity contribution is 0.146. The van der Waals surface area contributed by atoms with Gasteiger partial charge in [-0.25, -0.2) is 13.2 Å². The molecule has 23 heavy (non-hydrogen) atoms. The quantitative estimate of drug-likeness (QED) is 0.938. The Kier molecular flexibility index (Phi) is 3.94. The first kappa shape index (κ1) is 15.3. The van der Waals surface area contributed by atoms with Gasteiger partial charge in [0.2, 0.25) is 0 Å². The molecular formula is C16H15F3N4. The summed E-state index contributed by atoms with van der Waals surface area (Å²) in [5, 5.41) is 7.14. The van der Waals surface area contributed by atoms with Crippen LogP contribution in [0.25, 0.3) is 0 Å². The van der Waals surface area contributed by atoms with Gasteiger partial charge in [-0.15, -0.1) is 0 Å². The maximum absolute atomic E-state index is 13.5. The highest BCUT2D eigenvalue weighted by Crippen LogP contribution is 2.33. The van der Waals surface area contributed by atoms with Crippen LogP contribution in [0.15, 0.2) is 53.4 Å². The molecule has 1 aliphatic rings. The van der Waals surface area contributed by atoms with Crippen LogP contribution in [0.5, 0.6) is 0 Å². The molecule has 2 heterocycles. The van der Waals surface area contributed by atoms with E-state index in [1.54, 1.807) is 17.8 Å². The van der Waals surface area contributed by atoms with E-state index in [-0.39, 0.29) is 0 Å². The first-order valence-corrected chi connectivity index (χ1v) is 7.05. The van der Waals surface area contributed by atoms with Gasteiger partial charge >= 0.3 is 0 Å². The summed E-state index contributed by atoms with van der Waals surface area (Å²) in [6.45, 7) is 2.29. The molecule has 0 aliphatic carbocycles. The van der Waals surface area contributed by atoms with Gasteiger partial charge in [0, 0.05) is 18.1 Å². The smallest absolute Gasteiger partial charge is 0.266 e. The number of hydrogen-bond donors (Lipinski definition) is 1. The van der Waals surface area contributed by atoms with Gasteiger partial charge in [0.1, 0.15) is 11.4 Å². The van der Waals surface area contributed by atoms with Crippen LogP contribution >= 0.6 is 0 Å². The largest absolute Gasteiger partial charge is 0.349 e. The van der Waals surface area contributed by atoms with Gasteiger partial charge in [-0.1, -0.05) is 6.07 Å². The molecule has 0 fully saturated rings. The van der Waals surface area contributed by atoms with E-state index in [4.69, 9.17) is 0 Å². The van der Waals surface area contributed by atoms with Gasteiger partial charge in [0.25, 0.3) is 6.43 Å². The van der Waals surface area contributed by atoms with E-state index in [0.29, 0.717) is 12.1 Å². The van der Waals surface area contributed by atoms with Crippen molar-refractivity contribution >= 4 is 6.34 Å². The van der Waals surface area contributed by atoms with Crippen molar-refractivity contribution in [1.82, 2.24) is 15.1 Å².